The number of hydrogen-bond donors (Lipinski definition) is 1. The van der Waals surface area contributed by atoms with Crippen molar-refractivity contribution in [3.8, 4) is 11.5 Å². The second kappa shape index (κ2) is 7.48. The molecule has 1 saturated carbocycles. The van der Waals surface area contributed by atoms with E-state index in [1.165, 1.54) is 0 Å². The second-order valence-electron chi connectivity index (χ2n) is 6.78. The Balaban J connectivity index is 2.55. The molecule has 27 heavy (non-hydrogen) atoms. The summed E-state index contributed by atoms with van der Waals surface area (Å²) in [6, 6.07) is 0.713. The van der Waals surface area contributed by atoms with Crippen LogP contribution in [0, 0.1) is 5.89 Å². The van der Waals surface area contributed by atoms with E-state index in [4.69, 9.17) is 33.5 Å². The van der Waals surface area contributed by atoms with Crippen LogP contribution in [0.2, 0.25) is 0 Å². The molecule has 1 aromatic rings. The van der Waals surface area contributed by atoms with Crippen LogP contribution in [-0.4, -0.2) is 16.5 Å². The summed E-state index contributed by atoms with van der Waals surface area (Å²) in [7, 11) is 0. The number of Topliss-reactive ketones (excluding diaryl/α,β-unsaturated/α-hetero) is 1. The highest BCUT2D eigenvalue weighted by molar-refractivity contribution is 5.81. The maximum atomic E-state index is 12.7. The fourth-order valence-electron chi connectivity index (χ4n) is 3.22. The normalized spacial score (nSPS) is 48.1. The number of hydrogen-bond acceptors (Lipinski definition) is 3. The third-order valence-corrected chi connectivity index (χ3v) is 4.36. The van der Waals surface area contributed by atoms with E-state index in [0.717, 1.165) is 13.8 Å². The quantitative estimate of drug-likeness (QED) is 0.618. The lowest BCUT2D eigenvalue weighted by atomic mass is 9.66. The predicted octanol–water partition coefficient (Wildman–Crippen LogP) is 6.26. The van der Waals surface area contributed by atoms with E-state index in [-0.39, 0.29) is 6.07 Å². The van der Waals surface area contributed by atoms with Gasteiger partial charge in [-0.1, -0.05) is 46.0 Å². The number of ketones is 1. The SMILES string of the molecule is [2H]C([2H])([2H])C([2H])([2H])C([2H])([2H])C([2H])([2H])C([2H])([2H])C([2H])([2H])C(c1cc(O)c2c(c1)OC(C)(C)[C@]1([2H])C([2H])([2H])CC(=O)C[C@@]21[2H])(C([2H])([2H])[2H])C([2H])([2H])[2H]. The van der Waals surface area contributed by atoms with Gasteiger partial charge >= 0.3 is 0 Å². The number of fused-ring (bicyclic) bond motifs is 3. The summed E-state index contributed by atoms with van der Waals surface area (Å²) in [5.74, 6) is -8.41. The minimum Gasteiger partial charge on any atom is -0.508 e. The summed E-state index contributed by atoms with van der Waals surface area (Å²) >= 11 is 0. The molecule has 0 aromatic heterocycles. The smallest absolute Gasteiger partial charge is 0.133 e. The molecule has 0 bridgehead atoms. The Labute approximate surface area is 196 Å². The van der Waals surface area contributed by atoms with Crippen molar-refractivity contribution < 1.29 is 46.2 Å². The topological polar surface area (TPSA) is 46.5 Å². The molecule has 1 fully saturated rings. The number of ether oxygens (including phenoxy) is 1. The standard InChI is InChI=1S/C24H36O3/c1-6-7-8-9-12-23(2,3)16-13-20(26)22-18-15-17(25)10-11-19(18)24(4,5)27-21(22)14-16/h13-14,18-19,26H,6-12,15H2,1-5H3/t18-,19-/m1/s1/i1D3,2D3,3D3,6D2,7D2,8D2,9D2,11D2,12D2,18D,19D. The zero-order valence-corrected chi connectivity index (χ0v) is 14.8. The van der Waals surface area contributed by atoms with Gasteiger partial charge < -0.3 is 9.84 Å². The number of phenolic OH excluding ortho intramolecular Hbond substituents is 1. The largest absolute Gasteiger partial charge is 0.508 e. The maximum absolute atomic E-state index is 12.7. The molecule has 2 aliphatic rings. The number of carbonyl (C=O) groups is 1. The third-order valence-electron chi connectivity index (χ3n) is 4.36. The van der Waals surface area contributed by atoms with Crippen molar-refractivity contribution in [2.24, 2.45) is 5.89 Å². The van der Waals surface area contributed by atoms with Crippen LogP contribution in [0.25, 0.3) is 0 Å². The van der Waals surface area contributed by atoms with Crippen LogP contribution in [-0.2, 0) is 10.2 Å². The molecule has 0 unspecified atom stereocenters. The van der Waals surface area contributed by atoms with E-state index in [2.05, 4.69) is 0 Å². The van der Waals surface area contributed by atoms with E-state index in [1.54, 1.807) is 0 Å². The first-order valence-electron chi connectivity index (χ1n) is 19.7. The average Bonchev–Trinajstić information content (AvgIpc) is 2.82. The van der Waals surface area contributed by atoms with Crippen LogP contribution in [0.4, 0.5) is 0 Å². The van der Waals surface area contributed by atoms with Crippen LogP contribution in [0.15, 0.2) is 12.1 Å². The Morgan fingerprint density at radius 2 is 2.22 bits per heavy atom. The Hall–Kier alpha value is -1.51. The van der Waals surface area contributed by atoms with Crippen LogP contribution >= 0.6 is 0 Å². The Bertz CT molecular complexity index is 1540. The van der Waals surface area contributed by atoms with Gasteiger partial charge in [0, 0.05) is 61.7 Å². The van der Waals surface area contributed by atoms with Crippen molar-refractivity contribution in [3.63, 3.8) is 0 Å². The van der Waals surface area contributed by atoms with Crippen LogP contribution in [0.1, 0.15) is 134 Å². The lowest BCUT2D eigenvalue weighted by Crippen LogP contribution is -2.47. The summed E-state index contributed by atoms with van der Waals surface area (Å²) in [5.41, 5.74) is -8.64. The highest BCUT2D eigenvalue weighted by Crippen LogP contribution is 2.54. The Morgan fingerprint density at radius 1 is 1.41 bits per heavy atom. The molecule has 1 aliphatic heterocycles. The molecule has 1 heterocycles. The van der Waals surface area contributed by atoms with Gasteiger partial charge in [-0.25, -0.2) is 0 Å². The molecule has 3 heteroatoms. The van der Waals surface area contributed by atoms with E-state index < -0.39 is 123 Å². The van der Waals surface area contributed by atoms with Crippen LogP contribution in [0.5, 0.6) is 11.5 Å². The van der Waals surface area contributed by atoms with Gasteiger partial charge in [0.2, 0.25) is 0 Å². The van der Waals surface area contributed by atoms with E-state index in [0.29, 0.717) is 6.07 Å². The van der Waals surface area contributed by atoms with Crippen LogP contribution < -0.4 is 4.74 Å². The molecule has 1 aromatic carbocycles. The van der Waals surface area contributed by atoms with Crippen molar-refractivity contribution in [1.29, 1.82) is 0 Å². The molecular formula is C24H36O3. The summed E-state index contributed by atoms with van der Waals surface area (Å²) in [6.07, 6.45) is -27.5. The van der Waals surface area contributed by atoms with Crippen molar-refractivity contribution in [1.82, 2.24) is 0 Å². The Morgan fingerprint density at radius 3 is 2.96 bits per heavy atom. The number of aromatic hydroxyl groups is 1. The molecule has 1 aliphatic carbocycles. The first kappa shape index (κ1) is 6.00. The van der Waals surface area contributed by atoms with Gasteiger partial charge in [-0.15, -0.1) is 0 Å². The predicted molar refractivity (Wildman–Crippen MR) is 110 cm³/mol. The van der Waals surface area contributed by atoms with Crippen molar-refractivity contribution in [2.75, 3.05) is 0 Å². The van der Waals surface area contributed by atoms with Gasteiger partial charge in [-0.2, -0.15) is 0 Å². The van der Waals surface area contributed by atoms with Crippen molar-refractivity contribution in [2.45, 2.75) is 102 Å². The number of benzene rings is 1. The second-order valence-corrected chi connectivity index (χ2v) is 6.78. The monoisotopic (exact) mass is 395 g/mol. The van der Waals surface area contributed by atoms with Gasteiger partial charge in [0.05, 0.1) is 0 Å². The molecule has 0 spiro atoms. The molecule has 0 radical (unpaired) electrons. The minimum absolute atomic E-state index is 0.254. The first-order chi connectivity index (χ1) is 21.6. The van der Waals surface area contributed by atoms with Gasteiger partial charge in [0.15, 0.2) is 0 Å². The molecule has 2 atom stereocenters. The summed E-state index contributed by atoms with van der Waals surface area (Å²) < 4.78 is 197. The highest BCUT2D eigenvalue weighted by atomic mass is 16.5. The van der Waals surface area contributed by atoms with Crippen molar-refractivity contribution in [3.05, 3.63) is 23.3 Å². The summed E-state index contributed by atoms with van der Waals surface area (Å²) in [4.78, 5) is 12.7. The molecule has 3 nitrogen and oxygen atoms in total. The van der Waals surface area contributed by atoms with Gasteiger partial charge in [-0.05, 0) is 49.7 Å². The summed E-state index contributed by atoms with van der Waals surface area (Å²) in [6.45, 7) is -10.4. The lowest BCUT2D eigenvalue weighted by Gasteiger charge is -2.47. The van der Waals surface area contributed by atoms with Crippen molar-refractivity contribution >= 4 is 5.78 Å². The molecule has 150 valence electrons. The van der Waals surface area contributed by atoms with E-state index >= 15 is 0 Å². The zero-order valence-electron chi connectivity index (χ0n) is 37.8. The average molecular weight is 396 g/mol. The van der Waals surface area contributed by atoms with Gasteiger partial charge in [-0.3, -0.25) is 4.79 Å². The molecule has 0 amide bonds. The number of rotatable bonds is 6. The molecule has 0 saturated heterocycles. The number of carbonyl (C=O) groups excluding carboxylic acids is 1. The molecule has 1 N–H and O–H groups in total. The summed E-state index contributed by atoms with van der Waals surface area (Å²) in [5, 5.41) is 11.4. The maximum Gasteiger partial charge on any atom is 0.133 e. The van der Waals surface area contributed by atoms with E-state index in [9.17, 15) is 12.6 Å². The third kappa shape index (κ3) is 4.02. The zero-order chi connectivity index (χ0) is 39.9. The highest BCUT2D eigenvalue weighted by Gasteiger charge is 2.47. The number of phenols is 1. The lowest BCUT2D eigenvalue weighted by molar-refractivity contribution is -0.124. The first-order valence-corrected chi connectivity index (χ1v) is 8.15. The Kier molecular flexibility index (Phi) is 1.66. The van der Waals surface area contributed by atoms with Gasteiger partial charge in [0.25, 0.3) is 0 Å². The fraction of sp³-hybridized carbons (Fsp3) is 0.708. The molecular weight excluding hydrogens is 336 g/mol. The van der Waals surface area contributed by atoms with Crippen LogP contribution in [0.3, 0.4) is 0 Å². The van der Waals surface area contributed by atoms with E-state index in [1.807, 2.05) is 0 Å². The van der Waals surface area contributed by atoms with Gasteiger partial charge in [0.1, 0.15) is 22.9 Å². The molecule has 3 rings (SSSR count). The fourth-order valence-corrected chi connectivity index (χ4v) is 3.22. The minimum atomic E-state index is -4.75.